The average molecular weight is 211 g/mol. The fraction of sp³-hybridized carbons (Fsp3) is 0.0769. The molecule has 2 heteroatoms. The fourth-order valence-electron chi connectivity index (χ4n) is 1.62. The van der Waals surface area contributed by atoms with Crippen LogP contribution in [0.15, 0.2) is 60.7 Å². The third kappa shape index (κ3) is 2.13. The van der Waals surface area contributed by atoms with E-state index in [0.29, 0.717) is 0 Å². The Morgan fingerprint density at radius 3 is 1.40 bits per heavy atom. The van der Waals surface area contributed by atoms with Gasteiger partial charge in [0.1, 0.15) is 0 Å². The van der Waals surface area contributed by atoms with Gasteiger partial charge in [-0.15, -0.1) is 0 Å². The number of benzene rings is 2. The van der Waals surface area contributed by atoms with Crippen molar-refractivity contribution >= 4 is 25.3 Å². The Hall–Kier alpha value is -1.07. The molecule has 0 heterocycles. The van der Waals surface area contributed by atoms with Gasteiger partial charge in [0.25, 0.3) is 0 Å². The van der Waals surface area contributed by atoms with Crippen LogP contribution in [0, 0.1) is 0 Å². The Morgan fingerprint density at radius 2 is 1.07 bits per heavy atom. The van der Waals surface area contributed by atoms with Gasteiger partial charge in [-0.05, 0) is 24.3 Å². The number of rotatable bonds is 2. The van der Waals surface area contributed by atoms with Crippen molar-refractivity contribution in [2.75, 3.05) is 6.66 Å². The van der Waals surface area contributed by atoms with Crippen LogP contribution >= 0.6 is 7.14 Å². The van der Waals surface area contributed by atoms with Crippen LogP contribution in [-0.2, 0) is 0 Å². The van der Waals surface area contributed by atoms with Gasteiger partial charge in [-0.25, -0.2) is 0 Å². The molecule has 0 N–H and O–H groups in total. The number of hydrogen-bond donors (Lipinski definition) is 0. The van der Waals surface area contributed by atoms with Gasteiger partial charge in [0.05, 0.1) is 10.6 Å². The topological polar surface area (TPSA) is 0 Å². The molecule has 15 heavy (non-hydrogen) atoms. The van der Waals surface area contributed by atoms with E-state index in [1.807, 2.05) is 36.4 Å². The molecule has 0 aromatic heterocycles. The predicted octanol–water partition coefficient (Wildman–Crippen LogP) is 2.37. The highest BCUT2D eigenvalue weighted by molar-refractivity contribution is 8.08. The quantitative estimate of drug-likeness (QED) is 0.528. The normalized spacial score (nSPS) is 11.3. The second-order valence-electron chi connectivity index (χ2n) is 3.75. The first-order chi connectivity index (χ1) is 7.21. The van der Waals surface area contributed by atoms with Crippen molar-refractivity contribution in [1.29, 1.82) is 0 Å². The van der Waals surface area contributed by atoms with Gasteiger partial charge in [0, 0.05) is 13.8 Å². The van der Waals surface area contributed by atoms with Crippen LogP contribution in [0.1, 0.15) is 0 Å². The highest BCUT2D eigenvalue weighted by Gasteiger charge is 2.30. The molecule has 0 spiro atoms. The summed E-state index contributed by atoms with van der Waals surface area (Å²) in [4.78, 5) is 0. The number of hydrogen-bond acceptors (Lipinski definition) is 0. The van der Waals surface area contributed by atoms with Gasteiger partial charge in [-0.2, -0.15) is 0 Å². The van der Waals surface area contributed by atoms with Gasteiger partial charge in [0.15, 0.2) is 0 Å². The van der Waals surface area contributed by atoms with Crippen molar-refractivity contribution in [3.63, 3.8) is 0 Å². The van der Waals surface area contributed by atoms with E-state index in [0.717, 1.165) is 0 Å². The third-order valence-electron chi connectivity index (χ3n) is 2.59. The van der Waals surface area contributed by atoms with Crippen molar-refractivity contribution in [1.82, 2.24) is 0 Å². The zero-order valence-corrected chi connectivity index (χ0v) is 9.69. The van der Waals surface area contributed by atoms with E-state index >= 15 is 0 Å². The maximum absolute atomic E-state index is 6.47. The van der Waals surface area contributed by atoms with E-state index < -0.39 is 7.14 Å². The summed E-state index contributed by atoms with van der Waals surface area (Å²) in [6, 6.07) is 20.7. The van der Waals surface area contributed by atoms with Crippen LogP contribution in [-0.4, -0.2) is 14.2 Å². The molecule has 0 amide bonds. The Bertz CT molecular complexity index is 381. The van der Waals surface area contributed by atoms with E-state index in [1.54, 1.807) is 0 Å². The van der Waals surface area contributed by atoms with E-state index in [2.05, 4.69) is 30.9 Å². The molecule has 0 fully saturated rings. The Morgan fingerprint density at radius 1 is 0.733 bits per heavy atom. The first-order valence-electron chi connectivity index (χ1n) is 4.97. The largest absolute Gasteiger partial charge is 0.377 e. The molecule has 0 atom stereocenters. The van der Waals surface area contributed by atoms with Gasteiger partial charge in [0.2, 0.25) is 0 Å². The van der Waals surface area contributed by atoms with Crippen LogP contribution < -0.4 is 10.6 Å². The van der Waals surface area contributed by atoms with Gasteiger partial charge >= 0.3 is 7.57 Å². The van der Waals surface area contributed by atoms with Crippen molar-refractivity contribution in [2.45, 2.75) is 0 Å². The second kappa shape index (κ2) is 4.20. The van der Waals surface area contributed by atoms with Crippen LogP contribution in [0.4, 0.5) is 0 Å². The molecule has 0 aliphatic rings. The molecule has 0 aliphatic heterocycles. The lowest BCUT2D eigenvalue weighted by Gasteiger charge is -2.17. The molecular formula is C13H13BP+. The summed E-state index contributed by atoms with van der Waals surface area (Å²) in [5.41, 5.74) is 0. The lowest BCUT2D eigenvalue weighted by Crippen LogP contribution is -2.20. The summed E-state index contributed by atoms with van der Waals surface area (Å²) in [5, 5.41) is 2.49. The van der Waals surface area contributed by atoms with Gasteiger partial charge < -0.3 is 0 Å². The standard InChI is InChI=1S/C13H13BP/c1-15(14,12-8-4-2-5-9-12)13-10-6-3-7-11-13/h2-11H,1H3/q+1. The monoisotopic (exact) mass is 211 g/mol. The third-order valence-corrected chi connectivity index (χ3v) is 5.33. The molecule has 0 saturated carbocycles. The summed E-state index contributed by atoms with van der Waals surface area (Å²) in [7, 11) is 4.82. The molecule has 72 valence electrons. The van der Waals surface area contributed by atoms with E-state index in [1.165, 1.54) is 10.6 Å². The summed E-state index contributed by atoms with van der Waals surface area (Å²) in [6.45, 7) is 2.15. The van der Waals surface area contributed by atoms with Crippen molar-refractivity contribution in [3.05, 3.63) is 60.7 Å². The van der Waals surface area contributed by atoms with E-state index in [-0.39, 0.29) is 0 Å². The zero-order valence-electron chi connectivity index (χ0n) is 8.80. The molecule has 0 unspecified atom stereocenters. The summed E-state index contributed by atoms with van der Waals surface area (Å²) in [6.07, 6.45) is 0. The molecule has 0 nitrogen and oxygen atoms in total. The first-order valence-corrected chi connectivity index (χ1v) is 7.28. The van der Waals surface area contributed by atoms with E-state index in [4.69, 9.17) is 7.57 Å². The molecule has 0 saturated heterocycles. The summed E-state index contributed by atoms with van der Waals surface area (Å²) >= 11 is 0. The highest BCUT2D eigenvalue weighted by atomic mass is 31.2. The zero-order chi connectivity index (χ0) is 10.7. The lowest BCUT2D eigenvalue weighted by atomic mass is 10.4. The minimum Gasteiger partial charge on any atom is -0.0620 e. The van der Waals surface area contributed by atoms with Crippen molar-refractivity contribution < 1.29 is 0 Å². The maximum Gasteiger partial charge on any atom is 0.377 e. The van der Waals surface area contributed by atoms with Crippen molar-refractivity contribution in [2.24, 2.45) is 0 Å². The lowest BCUT2D eigenvalue weighted by molar-refractivity contribution is 1.75. The van der Waals surface area contributed by atoms with E-state index in [9.17, 15) is 0 Å². The molecule has 0 aliphatic carbocycles. The predicted molar refractivity (Wildman–Crippen MR) is 70.8 cm³/mol. The minimum absolute atomic E-state index is 1.25. The molecule has 2 aromatic rings. The fourth-order valence-corrected chi connectivity index (χ4v) is 3.51. The van der Waals surface area contributed by atoms with Crippen molar-refractivity contribution in [3.8, 4) is 0 Å². The second-order valence-corrected chi connectivity index (χ2v) is 6.93. The van der Waals surface area contributed by atoms with Gasteiger partial charge in [-0.3, -0.25) is 0 Å². The Kier molecular flexibility index (Phi) is 2.93. The first kappa shape index (κ1) is 10.5. The molecule has 0 bridgehead atoms. The Balaban J connectivity index is 2.44. The minimum atomic E-state index is -1.65. The molecule has 2 aromatic carbocycles. The van der Waals surface area contributed by atoms with Crippen LogP contribution in [0.3, 0.4) is 0 Å². The average Bonchev–Trinajstić information content (AvgIpc) is 2.31. The van der Waals surface area contributed by atoms with Gasteiger partial charge in [-0.1, -0.05) is 36.4 Å². The van der Waals surface area contributed by atoms with Crippen LogP contribution in [0.25, 0.3) is 0 Å². The smallest absolute Gasteiger partial charge is 0.0620 e. The maximum atomic E-state index is 6.47. The highest BCUT2D eigenvalue weighted by Crippen LogP contribution is 2.46. The SMILES string of the molecule is [B][P+](C)(c1ccccc1)c1ccccc1. The molecular weight excluding hydrogens is 198 g/mol. The Labute approximate surface area is 93.0 Å². The van der Waals surface area contributed by atoms with Crippen LogP contribution in [0.5, 0.6) is 0 Å². The molecule has 2 radical (unpaired) electrons. The summed E-state index contributed by atoms with van der Waals surface area (Å²) in [5.74, 6) is 0. The molecule has 2 rings (SSSR count). The van der Waals surface area contributed by atoms with Crippen LogP contribution in [0.2, 0.25) is 0 Å². The summed E-state index contributed by atoms with van der Waals surface area (Å²) < 4.78 is 0.